The second-order valence-corrected chi connectivity index (χ2v) is 4.00. The molecule has 0 aliphatic carbocycles. The predicted molar refractivity (Wildman–Crippen MR) is 60.7 cm³/mol. The molecule has 0 N–H and O–H groups in total. The molecule has 0 amide bonds. The van der Waals surface area contributed by atoms with Crippen molar-refractivity contribution in [2.24, 2.45) is 0 Å². The van der Waals surface area contributed by atoms with Crippen LogP contribution in [0.1, 0.15) is 11.1 Å². The molecule has 13 heavy (non-hydrogen) atoms. The Bertz CT molecular complexity index is 458. The number of hydrogen-bond acceptors (Lipinski definition) is 1. The van der Waals surface area contributed by atoms with Crippen molar-refractivity contribution in [1.29, 1.82) is 0 Å². The molecule has 0 fully saturated rings. The molecule has 66 valence electrons. The van der Waals surface area contributed by atoms with E-state index < -0.39 is 0 Å². The molecule has 2 aromatic carbocycles. The standard InChI is InChI=1S/C12H12S/c1-8-3-4-10-7-11(13)6-9(2)12(10)5-8/h3-7,13H,1-2H3. The quantitative estimate of drug-likeness (QED) is 0.598. The molecule has 0 aromatic heterocycles. The van der Waals surface area contributed by atoms with E-state index in [0.717, 1.165) is 4.90 Å². The second kappa shape index (κ2) is 3.08. The highest BCUT2D eigenvalue weighted by Crippen LogP contribution is 2.23. The molecule has 0 nitrogen and oxygen atoms in total. The third kappa shape index (κ3) is 1.56. The van der Waals surface area contributed by atoms with Gasteiger partial charge in [0.2, 0.25) is 0 Å². The van der Waals surface area contributed by atoms with Gasteiger partial charge in [-0.3, -0.25) is 0 Å². The van der Waals surface area contributed by atoms with Crippen molar-refractivity contribution >= 4 is 23.4 Å². The Morgan fingerprint density at radius 1 is 1.00 bits per heavy atom. The maximum absolute atomic E-state index is 4.36. The first-order valence-electron chi connectivity index (χ1n) is 4.37. The number of fused-ring (bicyclic) bond motifs is 1. The Labute approximate surface area is 84.0 Å². The number of thiol groups is 1. The van der Waals surface area contributed by atoms with Gasteiger partial charge in [-0.1, -0.05) is 23.8 Å². The van der Waals surface area contributed by atoms with E-state index in [2.05, 4.69) is 56.8 Å². The number of benzene rings is 2. The Hall–Kier alpha value is -0.950. The van der Waals surface area contributed by atoms with Gasteiger partial charge in [0, 0.05) is 4.90 Å². The number of aryl methyl sites for hydroxylation is 2. The molecule has 0 unspecified atom stereocenters. The van der Waals surface area contributed by atoms with Crippen molar-refractivity contribution in [2.45, 2.75) is 18.7 Å². The largest absolute Gasteiger partial charge is 0.143 e. The smallest absolute Gasteiger partial charge is 0.00490 e. The van der Waals surface area contributed by atoms with E-state index in [4.69, 9.17) is 0 Å². The van der Waals surface area contributed by atoms with Gasteiger partial charge in [-0.15, -0.1) is 12.6 Å². The maximum Gasteiger partial charge on any atom is 0.00490 e. The second-order valence-electron chi connectivity index (χ2n) is 3.49. The Balaban J connectivity index is 2.87. The Morgan fingerprint density at radius 3 is 2.54 bits per heavy atom. The van der Waals surface area contributed by atoms with E-state index in [1.165, 1.54) is 21.9 Å². The zero-order chi connectivity index (χ0) is 9.42. The maximum atomic E-state index is 4.36. The highest BCUT2D eigenvalue weighted by Gasteiger charge is 1.98. The van der Waals surface area contributed by atoms with E-state index in [1.54, 1.807) is 0 Å². The first kappa shape index (κ1) is 8.64. The van der Waals surface area contributed by atoms with Crippen molar-refractivity contribution in [2.75, 3.05) is 0 Å². The molecule has 0 saturated heterocycles. The van der Waals surface area contributed by atoms with E-state index in [1.807, 2.05) is 0 Å². The van der Waals surface area contributed by atoms with Gasteiger partial charge in [-0.2, -0.15) is 0 Å². The van der Waals surface area contributed by atoms with Crippen LogP contribution in [-0.4, -0.2) is 0 Å². The van der Waals surface area contributed by atoms with Gasteiger partial charge in [-0.25, -0.2) is 0 Å². The average molecular weight is 188 g/mol. The summed E-state index contributed by atoms with van der Waals surface area (Å²) in [4.78, 5) is 1.04. The van der Waals surface area contributed by atoms with Crippen LogP contribution in [0.5, 0.6) is 0 Å². The van der Waals surface area contributed by atoms with Crippen molar-refractivity contribution in [3.8, 4) is 0 Å². The highest BCUT2D eigenvalue weighted by atomic mass is 32.1. The van der Waals surface area contributed by atoms with Gasteiger partial charge in [0.05, 0.1) is 0 Å². The van der Waals surface area contributed by atoms with Crippen LogP contribution in [-0.2, 0) is 0 Å². The summed E-state index contributed by atoms with van der Waals surface area (Å²) in [6.45, 7) is 4.25. The summed E-state index contributed by atoms with van der Waals surface area (Å²) in [6.07, 6.45) is 0. The fraction of sp³-hybridized carbons (Fsp3) is 0.167. The first-order valence-corrected chi connectivity index (χ1v) is 4.81. The summed E-state index contributed by atoms with van der Waals surface area (Å²) in [5.41, 5.74) is 2.61. The minimum Gasteiger partial charge on any atom is -0.143 e. The van der Waals surface area contributed by atoms with Gasteiger partial charge in [-0.05, 0) is 42.3 Å². The van der Waals surface area contributed by atoms with Crippen molar-refractivity contribution in [3.05, 3.63) is 41.5 Å². The highest BCUT2D eigenvalue weighted by molar-refractivity contribution is 7.80. The summed E-state index contributed by atoms with van der Waals surface area (Å²) >= 11 is 4.36. The molecule has 0 saturated carbocycles. The summed E-state index contributed by atoms with van der Waals surface area (Å²) < 4.78 is 0. The summed E-state index contributed by atoms with van der Waals surface area (Å²) in [5.74, 6) is 0. The lowest BCUT2D eigenvalue weighted by Gasteiger charge is -2.04. The van der Waals surface area contributed by atoms with Crippen molar-refractivity contribution < 1.29 is 0 Å². The summed E-state index contributed by atoms with van der Waals surface area (Å²) in [6, 6.07) is 10.7. The molecule has 0 aliphatic heterocycles. The van der Waals surface area contributed by atoms with E-state index in [-0.39, 0.29) is 0 Å². The van der Waals surface area contributed by atoms with Crippen LogP contribution in [0.3, 0.4) is 0 Å². The van der Waals surface area contributed by atoms with Crippen molar-refractivity contribution in [3.63, 3.8) is 0 Å². The third-order valence-corrected chi connectivity index (χ3v) is 2.56. The molecule has 0 heterocycles. The summed E-state index contributed by atoms with van der Waals surface area (Å²) in [5, 5.41) is 2.61. The average Bonchev–Trinajstić information content (AvgIpc) is 2.06. The number of rotatable bonds is 0. The normalized spacial score (nSPS) is 10.7. The van der Waals surface area contributed by atoms with Crippen LogP contribution >= 0.6 is 12.6 Å². The zero-order valence-electron chi connectivity index (χ0n) is 7.83. The van der Waals surface area contributed by atoms with Gasteiger partial charge < -0.3 is 0 Å². The van der Waals surface area contributed by atoms with Gasteiger partial charge in [0.1, 0.15) is 0 Å². The minimum absolute atomic E-state index is 1.04. The van der Waals surface area contributed by atoms with Crippen LogP contribution in [0.15, 0.2) is 35.2 Å². The molecule has 1 heteroatoms. The minimum atomic E-state index is 1.04. The van der Waals surface area contributed by atoms with Crippen LogP contribution < -0.4 is 0 Å². The van der Waals surface area contributed by atoms with Crippen LogP contribution in [0.4, 0.5) is 0 Å². The lowest BCUT2D eigenvalue weighted by Crippen LogP contribution is -1.80. The van der Waals surface area contributed by atoms with Gasteiger partial charge in [0.25, 0.3) is 0 Å². The molecule has 0 radical (unpaired) electrons. The monoisotopic (exact) mass is 188 g/mol. The van der Waals surface area contributed by atoms with E-state index in [0.29, 0.717) is 0 Å². The lowest BCUT2D eigenvalue weighted by atomic mass is 10.0. The molecular weight excluding hydrogens is 176 g/mol. The molecule has 0 atom stereocenters. The van der Waals surface area contributed by atoms with E-state index in [9.17, 15) is 0 Å². The van der Waals surface area contributed by atoms with E-state index >= 15 is 0 Å². The Kier molecular flexibility index (Phi) is 2.04. The van der Waals surface area contributed by atoms with Gasteiger partial charge in [0.15, 0.2) is 0 Å². The fourth-order valence-electron chi connectivity index (χ4n) is 1.64. The molecule has 0 aliphatic rings. The topological polar surface area (TPSA) is 0 Å². The first-order chi connectivity index (χ1) is 6.16. The molecule has 0 spiro atoms. The third-order valence-electron chi connectivity index (χ3n) is 2.30. The zero-order valence-corrected chi connectivity index (χ0v) is 8.73. The van der Waals surface area contributed by atoms with Crippen molar-refractivity contribution in [1.82, 2.24) is 0 Å². The Morgan fingerprint density at radius 2 is 1.77 bits per heavy atom. The molecule has 2 aromatic rings. The van der Waals surface area contributed by atoms with Crippen LogP contribution in [0, 0.1) is 13.8 Å². The number of hydrogen-bond donors (Lipinski definition) is 1. The van der Waals surface area contributed by atoms with Crippen LogP contribution in [0.2, 0.25) is 0 Å². The fourth-order valence-corrected chi connectivity index (χ4v) is 1.97. The molecule has 2 rings (SSSR count). The predicted octanol–water partition coefficient (Wildman–Crippen LogP) is 3.75. The molecule has 0 bridgehead atoms. The van der Waals surface area contributed by atoms with Crippen LogP contribution in [0.25, 0.3) is 10.8 Å². The molecular formula is C12H12S. The van der Waals surface area contributed by atoms with Gasteiger partial charge >= 0.3 is 0 Å². The SMILES string of the molecule is Cc1ccc2cc(S)cc(C)c2c1. The summed E-state index contributed by atoms with van der Waals surface area (Å²) in [7, 11) is 0. The lowest BCUT2D eigenvalue weighted by molar-refractivity contribution is 1.40.